The van der Waals surface area contributed by atoms with Crippen molar-refractivity contribution in [3.8, 4) is 0 Å². The van der Waals surface area contributed by atoms with Gasteiger partial charge < -0.3 is 5.32 Å². The van der Waals surface area contributed by atoms with Crippen molar-refractivity contribution in [2.24, 2.45) is 0 Å². The molecule has 0 aliphatic heterocycles. The molecule has 1 N–H and O–H groups in total. The summed E-state index contributed by atoms with van der Waals surface area (Å²) in [4.78, 5) is 4.54. The van der Waals surface area contributed by atoms with Gasteiger partial charge in [0.15, 0.2) is 0 Å². The SMILES string of the molecule is CNC(c1ccc(C)nc1C)c1c(Cl)cnn1C(C)C. The second-order valence-electron chi connectivity index (χ2n) is 5.27. The maximum absolute atomic E-state index is 6.35. The average Bonchev–Trinajstić information content (AvgIpc) is 2.75. The van der Waals surface area contributed by atoms with Gasteiger partial charge in [0.25, 0.3) is 0 Å². The molecule has 0 bridgehead atoms. The topological polar surface area (TPSA) is 42.7 Å². The Balaban J connectivity index is 2.55. The number of pyridine rings is 1. The molecule has 108 valence electrons. The van der Waals surface area contributed by atoms with Gasteiger partial charge in [0, 0.05) is 17.4 Å². The van der Waals surface area contributed by atoms with E-state index in [4.69, 9.17) is 11.6 Å². The number of hydrogen-bond acceptors (Lipinski definition) is 3. The standard InChI is InChI=1S/C15H21ClN4/c1-9(2)20-15(13(16)8-18-20)14(17-5)12-7-6-10(3)19-11(12)4/h6-9,14,17H,1-5H3. The van der Waals surface area contributed by atoms with Crippen LogP contribution >= 0.6 is 11.6 Å². The third-order valence-electron chi connectivity index (χ3n) is 3.42. The van der Waals surface area contributed by atoms with E-state index in [0.717, 1.165) is 22.6 Å². The number of halogens is 1. The predicted octanol–water partition coefficient (Wildman–Crippen LogP) is 3.44. The lowest BCUT2D eigenvalue weighted by atomic mass is 10.0. The molecule has 2 aromatic rings. The van der Waals surface area contributed by atoms with E-state index in [1.54, 1.807) is 6.20 Å². The zero-order valence-electron chi connectivity index (χ0n) is 12.6. The van der Waals surface area contributed by atoms with Crippen LogP contribution in [-0.4, -0.2) is 21.8 Å². The van der Waals surface area contributed by atoms with E-state index in [1.807, 2.05) is 31.6 Å². The van der Waals surface area contributed by atoms with Crippen LogP contribution in [0.5, 0.6) is 0 Å². The first-order chi connectivity index (χ1) is 9.45. The van der Waals surface area contributed by atoms with Crippen LogP contribution in [0.25, 0.3) is 0 Å². The molecule has 0 saturated heterocycles. The average molecular weight is 293 g/mol. The smallest absolute Gasteiger partial charge is 0.0837 e. The Labute approximate surface area is 125 Å². The number of nitrogens with zero attached hydrogens (tertiary/aromatic N) is 3. The summed E-state index contributed by atoms with van der Waals surface area (Å²) < 4.78 is 1.96. The van der Waals surface area contributed by atoms with Crippen LogP contribution in [0.2, 0.25) is 5.02 Å². The normalized spacial score (nSPS) is 12.9. The van der Waals surface area contributed by atoms with Crippen LogP contribution < -0.4 is 5.32 Å². The summed E-state index contributed by atoms with van der Waals surface area (Å²) in [5.74, 6) is 0. The zero-order valence-corrected chi connectivity index (χ0v) is 13.4. The molecule has 0 radical (unpaired) electrons. The van der Waals surface area contributed by atoms with E-state index in [2.05, 4.69) is 35.3 Å². The van der Waals surface area contributed by atoms with Crippen molar-refractivity contribution >= 4 is 11.6 Å². The van der Waals surface area contributed by atoms with E-state index in [1.165, 1.54) is 0 Å². The van der Waals surface area contributed by atoms with Gasteiger partial charge in [-0.1, -0.05) is 17.7 Å². The monoisotopic (exact) mass is 292 g/mol. The first kappa shape index (κ1) is 15.0. The van der Waals surface area contributed by atoms with E-state index in [-0.39, 0.29) is 12.1 Å². The fourth-order valence-electron chi connectivity index (χ4n) is 2.47. The lowest BCUT2D eigenvalue weighted by Gasteiger charge is -2.22. The molecule has 1 atom stereocenters. The number of aryl methyl sites for hydroxylation is 2. The number of nitrogens with one attached hydrogen (secondary N) is 1. The Hall–Kier alpha value is -1.39. The van der Waals surface area contributed by atoms with Gasteiger partial charge in [0.1, 0.15) is 0 Å². The second-order valence-corrected chi connectivity index (χ2v) is 5.67. The van der Waals surface area contributed by atoms with Crippen LogP contribution in [0.3, 0.4) is 0 Å². The number of hydrogen-bond donors (Lipinski definition) is 1. The summed E-state index contributed by atoms with van der Waals surface area (Å²) in [5, 5.41) is 8.39. The molecule has 2 aromatic heterocycles. The summed E-state index contributed by atoms with van der Waals surface area (Å²) in [5.41, 5.74) is 4.14. The molecule has 0 spiro atoms. The summed E-state index contributed by atoms with van der Waals surface area (Å²) in [6.45, 7) is 8.22. The summed E-state index contributed by atoms with van der Waals surface area (Å²) in [6, 6.07) is 4.37. The van der Waals surface area contributed by atoms with Gasteiger partial charge in [-0.2, -0.15) is 5.10 Å². The van der Waals surface area contributed by atoms with Gasteiger partial charge in [-0.05, 0) is 46.4 Å². The third-order valence-corrected chi connectivity index (χ3v) is 3.71. The Kier molecular flexibility index (Phi) is 4.45. The van der Waals surface area contributed by atoms with Crippen LogP contribution in [0.1, 0.15) is 48.6 Å². The van der Waals surface area contributed by atoms with Crippen LogP contribution in [0, 0.1) is 13.8 Å². The maximum atomic E-state index is 6.35. The molecule has 2 rings (SSSR count). The maximum Gasteiger partial charge on any atom is 0.0837 e. The van der Waals surface area contributed by atoms with Crippen molar-refractivity contribution in [1.29, 1.82) is 0 Å². The van der Waals surface area contributed by atoms with Crippen molar-refractivity contribution in [2.45, 2.75) is 39.8 Å². The lowest BCUT2D eigenvalue weighted by molar-refractivity contribution is 0.483. The lowest BCUT2D eigenvalue weighted by Crippen LogP contribution is -2.24. The fraction of sp³-hybridized carbons (Fsp3) is 0.467. The van der Waals surface area contributed by atoms with Gasteiger partial charge in [-0.3, -0.25) is 9.67 Å². The van der Waals surface area contributed by atoms with Crippen molar-refractivity contribution in [2.75, 3.05) is 7.05 Å². The highest BCUT2D eigenvalue weighted by Gasteiger charge is 2.23. The Morgan fingerprint density at radius 2 is 1.95 bits per heavy atom. The van der Waals surface area contributed by atoms with Crippen molar-refractivity contribution < 1.29 is 0 Å². The summed E-state index contributed by atoms with van der Waals surface area (Å²) in [6.07, 6.45) is 1.71. The quantitative estimate of drug-likeness (QED) is 0.939. The molecule has 4 nitrogen and oxygen atoms in total. The van der Waals surface area contributed by atoms with E-state index in [0.29, 0.717) is 5.02 Å². The zero-order chi connectivity index (χ0) is 14.9. The van der Waals surface area contributed by atoms with Gasteiger partial charge in [-0.15, -0.1) is 0 Å². The Morgan fingerprint density at radius 3 is 2.50 bits per heavy atom. The summed E-state index contributed by atoms with van der Waals surface area (Å²) in [7, 11) is 1.93. The van der Waals surface area contributed by atoms with Gasteiger partial charge >= 0.3 is 0 Å². The Morgan fingerprint density at radius 1 is 1.25 bits per heavy atom. The van der Waals surface area contributed by atoms with Gasteiger partial charge in [0.2, 0.25) is 0 Å². The van der Waals surface area contributed by atoms with Crippen LogP contribution in [0.15, 0.2) is 18.3 Å². The van der Waals surface area contributed by atoms with E-state index >= 15 is 0 Å². The third kappa shape index (κ3) is 2.72. The minimum atomic E-state index is -0.0134. The molecule has 0 saturated carbocycles. The van der Waals surface area contributed by atoms with Crippen LogP contribution in [0.4, 0.5) is 0 Å². The fourth-order valence-corrected chi connectivity index (χ4v) is 2.71. The highest BCUT2D eigenvalue weighted by Crippen LogP contribution is 2.31. The van der Waals surface area contributed by atoms with Gasteiger partial charge in [0.05, 0.1) is 23.0 Å². The summed E-state index contributed by atoms with van der Waals surface area (Å²) >= 11 is 6.35. The van der Waals surface area contributed by atoms with Gasteiger partial charge in [-0.25, -0.2) is 0 Å². The first-order valence-electron chi connectivity index (χ1n) is 6.80. The molecular weight excluding hydrogens is 272 g/mol. The first-order valence-corrected chi connectivity index (χ1v) is 7.17. The minimum absolute atomic E-state index is 0.0134. The highest BCUT2D eigenvalue weighted by atomic mass is 35.5. The molecule has 0 aliphatic rings. The molecule has 5 heteroatoms. The molecule has 2 heterocycles. The van der Waals surface area contributed by atoms with Crippen molar-refractivity contribution in [3.63, 3.8) is 0 Å². The Bertz CT molecular complexity index is 604. The number of rotatable bonds is 4. The minimum Gasteiger partial charge on any atom is -0.308 e. The van der Waals surface area contributed by atoms with E-state index in [9.17, 15) is 0 Å². The van der Waals surface area contributed by atoms with Crippen LogP contribution in [-0.2, 0) is 0 Å². The molecular formula is C15H21ClN4. The largest absolute Gasteiger partial charge is 0.308 e. The van der Waals surface area contributed by atoms with E-state index < -0.39 is 0 Å². The van der Waals surface area contributed by atoms with Crippen molar-refractivity contribution in [1.82, 2.24) is 20.1 Å². The predicted molar refractivity (Wildman–Crippen MR) is 82.2 cm³/mol. The molecule has 0 aromatic carbocycles. The second kappa shape index (κ2) is 5.94. The molecule has 0 amide bonds. The molecule has 20 heavy (non-hydrogen) atoms. The number of aromatic nitrogens is 3. The molecule has 0 fully saturated rings. The highest BCUT2D eigenvalue weighted by molar-refractivity contribution is 6.31. The van der Waals surface area contributed by atoms with Crippen molar-refractivity contribution in [3.05, 3.63) is 46.0 Å². The molecule has 0 aliphatic carbocycles. The molecule has 1 unspecified atom stereocenters.